The topological polar surface area (TPSA) is 104 Å². The average molecular weight is 494 g/mol. The summed E-state index contributed by atoms with van der Waals surface area (Å²) in [6.45, 7) is 4.72. The number of rotatable bonds is 7. The first-order valence-electron chi connectivity index (χ1n) is 11.7. The first-order valence-corrected chi connectivity index (χ1v) is 11.7. The van der Waals surface area contributed by atoms with Crippen molar-refractivity contribution in [3.63, 3.8) is 0 Å². The number of hydrogen-bond acceptors (Lipinski definition) is 6. The molecular weight excluding hydrogens is 463 g/mol. The normalized spacial score (nSPS) is 22.4. The molecule has 3 N–H and O–H groups in total. The maximum absolute atomic E-state index is 12.8. The molecule has 0 spiro atoms. The third-order valence-electron chi connectivity index (χ3n) is 6.06. The van der Waals surface area contributed by atoms with Gasteiger partial charge in [-0.3, -0.25) is 0 Å². The quantitative estimate of drug-likeness (QED) is 0.531. The van der Waals surface area contributed by atoms with Crippen LogP contribution in [0, 0.1) is 12.8 Å². The molecule has 2 aromatic rings. The SMILES string of the molecule is CCOc1cc2cc(C3=C(NC4CCC(CO)C4)NC(=NCC(F)(F)F)N=C(C)C3)oc2c(C)n1. The molecule has 11 heteroatoms. The van der Waals surface area contributed by atoms with Crippen LogP contribution in [0.4, 0.5) is 13.2 Å². The fourth-order valence-electron chi connectivity index (χ4n) is 4.48. The Morgan fingerprint density at radius 3 is 2.77 bits per heavy atom. The zero-order chi connectivity index (χ0) is 25.2. The number of aliphatic imine (C=N–C) groups is 2. The fourth-order valence-corrected chi connectivity index (χ4v) is 4.48. The zero-order valence-corrected chi connectivity index (χ0v) is 20.0. The Morgan fingerprint density at radius 1 is 1.29 bits per heavy atom. The van der Waals surface area contributed by atoms with Crippen molar-refractivity contribution in [3.8, 4) is 5.88 Å². The highest BCUT2D eigenvalue weighted by molar-refractivity contribution is 6.04. The number of aromatic nitrogens is 1. The van der Waals surface area contributed by atoms with E-state index < -0.39 is 12.7 Å². The minimum Gasteiger partial charge on any atom is -0.478 e. The Morgan fingerprint density at radius 2 is 2.09 bits per heavy atom. The number of furan rings is 1. The summed E-state index contributed by atoms with van der Waals surface area (Å²) in [4.78, 5) is 12.4. The van der Waals surface area contributed by atoms with Crippen molar-refractivity contribution in [2.45, 2.75) is 58.7 Å². The molecule has 0 amide bonds. The van der Waals surface area contributed by atoms with Gasteiger partial charge in [0.2, 0.25) is 11.8 Å². The molecular formula is C24H30F3N5O3. The van der Waals surface area contributed by atoms with Crippen molar-refractivity contribution in [2.24, 2.45) is 15.9 Å². The number of hydrogen-bond donors (Lipinski definition) is 3. The predicted octanol–water partition coefficient (Wildman–Crippen LogP) is 4.33. The summed E-state index contributed by atoms with van der Waals surface area (Å²) in [6.07, 6.45) is -1.63. The highest BCUT2D eigenvalue weighted by Gasteiger charge is 2.30. The van der Waals surface area contributed by atoms with Crippen LogP contribution in [0.25, 0.3) is 16.5 Å². The highest BCUT2D eigenvalue weighted by atomic mass is 19.4. The first-order chi connectivity index (χ1) is 16.6. The van der Waals surface area contributed by atoms with E-state index in [2.05, 4.69) is 25.6 Å². The molecule has 4 rings (SSSR count). The van der Waals surface area contributed by atoms with Crippen molar-refractivity contribution in [2.75, 3.05) is 19.8 Å². The van der Waals surface area contributed by atoms with Gasteiger partial charge in [-0.1, -0.05) is 0 Å². The highest BCUT2D eigenvalue weighted by Crippen LogP contribution is 2.33. The van der Waals surface area contributed by atoms with Gasteiger partial charge in [0, 0.05) is 41.8 Å². The van der Waals surface area contributed by atoms with Gasteiger partial charge in [-0.05, 0) is 52.0 Å². The van der Waals surface area contributed by atoms with Crippen molar-refractivity contribution in [1.82, 2.24) is 15.6 Å². The molecule has 0 bridgehead atoms. The minimum absolute atomic E-state index is 0.0456. The number of guanidine groups is 1. The summed E-state index contributed by atoms with van der Waals surface area (Å²) in [5.41, 5.74) is 2.61. The van der Waals surface area contributed by atoms with Gasteiger partial charge < -0.3 is 24.9 Å². The van der Waals surface area contributed by atoms with Crippen LogP contribution in [0.1, 0.15) is 51.0 Å². The lowest BCUT2D eigenvalue weighted by atomic mass is 10.1. The summed E-state index contributed by atoms with van der Waals surface area (Å²) < 4.78 is 50.2. The molecule has 0 radical (unpaired) electrons. The van der Waals surface area contributed by atoms with E-state index >= 15 is 0 Å². The third-order valence-corrected chi connectivity index (χ3v) is 6.06. The van der Waals surface area contributed by atoms with Crippen molar-refractivity contribution in [3.05, 3.63) is 29.4 Å². The molecule has 8 nitrogen and oxygen atoms in total. The molecule has 35 heavy (non-hydrogen) atoms. The van der Waals surface area contributed by atoms with Gasteiger partial charge in [0.1, 0.15) is 18.1 Å². The van der Waals surface area contributed by atoms with E-state index in [9.17, 15) is 18.3 Å². The molecule has 190 valence electrons. The van der Waals surface area contributed by atoms with Crippen LogP contribution in [0.15, 0.2) is 32.4 Å². The number of nitrogens with zero attached hydrogens (tertiary/aromatic N) is 3. The van der Waals surface area contributed by atoms with Gasteiger partial charge in [-0.15, -0.1) is 0 Å². The van der Waals surface area contributed by atoms with Gasteiger partial charge in [0.15, 0.2) is 5.58 Å². The van der Waals surface area contributed by atoms with E-state index in [1.807, 2.05) is 19.9 Å². The van der Waals surface area contributed by atoms with Crippen molar-refractivity contribution >= 4 is 28.2 Å². The number of pyridine rings is 1. The second kappa shape index (κ2) is 10.3. The van der Waals surface area contributed by atoms with Gasteiger partial charge in [-0.25, -0.2) is 15.0 Å². The van der Waals surface area contributed by atoms with Gasteiger partial charge in [0.05, 0.1) is 12.3 Å². The van der Waals surface area contributed by atoms with Gasteiger partial charge in [0.25, 0.3) is 0 Å². The summed E-state index contributed by atoms with van der Waals surface area (Å²) in [5.74, 6) is 1.63. The predicted molar refractivity (Wildman–Crippen MR) is 127 cm³/mol. The molecule has 2 atom stereocenters. The van der Waals surface area contributed by atoms with Crippen molar-refractivity contribution < 1.29 is 27.4 Å². The molecule has 0 saturated heterocycles. The number of aryl methyl sites for hydroxylation is 1. The van der Waals surface area contributed by atoms with E-state index in [0.29, 0.717) is 47.5 Å². The van der Waals surface area contributed by atoms with E-state index in [0.717, 1.165) is 30.2 Å². The Labute approximate surface area is 201 Å². The number of alkyl halides is 3. The van der Waals surface area contributed by atoms with Crippen LogP contribution in [0.2, 0.25) is 0 Å². The van der Waals surface area contributed by atoms with Crippen LogP contribution >= 0.6 is 0 Å². The lowest BCUT2D eigenvalue weighted by Crippen LogP contribution is -2.37. The van der Waals surface area contributed by atoms with Crippen LogP contribution in [-0.4, -0.2) is 53.7 Å². The Balaban J connectivity index is 1.75. The number of allylic oxidation sites excluding steroid dienone is 1. The number of aliphatic hydroxyl groups excluding tert-OH is 1. The van der Waals surface area contributed by atoms with E-state index in [1.165, 1.54) is 0 Å². The first kappa shape index (κ1) is 25.0. The van der Waals surface area contributed by atoms with Crippen LogP contribution in [-0.2, 0) is 0 Å². The Kier molecular flexibility index (Phi) is 7.34. The summed E-state index contributed by atoms with van der Waals surface area (Å²) in [7, 11) is 0. The number of aliphatic hydroxyl groups is 1. The lowest BCUT2D eigenvalue weighted by molar-refractivity contribution is -0.118. The fraction of sp³-hybridized carbons (Fsp3) is 0.542. The van der Waals surface area contributed by atoms with Crippen LogP contribution in [0.3, 0.4) is 0 Å². The van der Waals surface area contributed by atoms with Gasteiger partial charge >= 0.3 is 6.18 Å². The Bertz CT molecular complexity index is 1170. The van der Waals surface area contributed by atoms with Gasteiger partial charge in [-0.2, -0.15) is 13.2 Å². The maximum Gasteiger partial charge on any atom is 0.408 e. The number of fused-ring (bicyclic) bond motifs is 1. The smallest absolute Gasteiger partial charge is 0.408 e. The largest absolute Gasteiger partial charge is 0.478 e. The average Bonchev–Trinajstić information content (AvgIpc) is 3.38. The molecule has 1 aliphatic carbocycles. The van der Waals surface area contributed by atoms with E-state index in [1.54, 1.807) is 13.0 Å². The van der Waals surface area contributed by atoms with Crippen LogP contribution < -0.4 is 15.4 Å². The standard InChI is InChI=1S/C24H30F3N5O3/c1-4-34-20-10-16-9-19(35-21(16)14(3)30-20)18-7-13(2)29-23(28-12-24(25,26)27)32-22(18)31-17-6-5-15(8-17)11-33/h9-10,15,17,31,33H,4-8,11-12H2,1-3H3,(H,28,32). The lowest BCUT2D eigenvalue weighted by Gasteiger charge is -2.20. The number of ether oxygens (including phenoxy) is 1. The summed E-state index contributed by atoms with van der Waals surface area (Å²) >= 11 is 0. The monoisotopic (exact) mass is 493 g/mol. The van der Waals surface area contributed by atoms with Crippen LogP contribution in [0.5, 0.6) is 5.88 Å². The second-order valence-electron chi connectivity index (χ2n) is 8.97. The molecule has 2 aliphatic rings. The number of nitrogens with one attached hydrogen (secondary N) is 2. The molecule has 2 aromatic heterocycles. The summed E-state index contributed by atoms with van der Waals surface area (Å²) in [5, 5.41) is 16.8. The molecule has 1 fully saturated rings. The maximum atomic E-state index is 12.8. The second-order valence-corrected chi connectivity index (χ2v) is 8.97. The van der Waals surface area contributed by atoms with Crippen molar-refractivity contribution in [1.29, 1.82) is 0 Å². The molecule has 1 aliphatic heterocycles. The molecule has 1 saturated carbocycles. The minimum atomic E-state index is -4.44. The van der Waals surface area contributed by atoms with E-state index in [-0.39, 0.29) is 24.5 Å². The van der Waals surface area contributed by atoms with E-state index in [4.69, 9.17) is 9.15 Å². The molecule has 2 unspecified atom stereocenters. The third kappa shape index (κ3) is 6.14. The zero-order valence-electron chi connectivity index (χ0n) is 20.0. The number of halogens is 3. The Hall–Kier alpha value is -3.08. The molecule has 3 heterocycles. The molecule has 0 aromatic carbocycles. The summed E-state index contributed by atoms with van der Waals surface area (Å²) in [6, 6.07) is 3.72.